The van der Waals surface area contributed by atoms with Gasteiger partial charge in [0.1, 0.15) is 0 Å². The van der Waals surface area contributed by atoms with Crippen LogP contribution in [-0.4, -0.2) is 22.2 Å². The van der Waals surface area contributed by atoms with Gasteiger partial charge in [0.2, 0.25) is 0 Å². The van der Waals surface area contributed by atoms with Crippen molar-refractivity contribution < 1.29 is 19.8 Å². The zero-order valence-electron chi connectivity index (χ0n) is 25.2. The largest absolute Gasteiger partial charge is 0.481 e. The number of hydrogen-bond donors (Lipinski definition) is 2. The van der Waals surface area contributed by atoms with Crippen LogP contribution >= 0.6 is 0 Å². The zero-order chi connectivity index (χ0) is 28.5. The van der Waals surface area contributed by atoms with Crippen LogP contribution in [0.3, 0.4) is 0 Å². The average molecular weight is 537 g/mol. The third-order valence-corrected chi connectivity index (χ3v) is 13.4. The molecule has 0 spiro atoms. The van der Waals surface area contributed by atoms with Crippen LogP contribution in [-0.2, 0) is 9.59 Å². The van der Waals surface area contributed by atoms with Crippen molar-refractivity contribution in [1.29, 1.82) is 0 Å². The minimum Gasteiger partial charge on any atom is -0.481 e. The van der Waals surface area contributed by atoms with E-state index in [1.165, 1.54) is 23.1 Å². The smallest absolute Gasteiger partial charge is 0.310 e. The fourth-order valence-electron chi connectivity index (χ4n) is 11.0. The Morgan fingerprint density at radius 3 is 2.26 bits per heavy atom. The van der Waals surface area contributed by atoms with Crippen LogP contribution in [0, 0.1) is 57.2 Å². The molecule has 9 atom stereocenters. The summed E-state index contributed by atoms with van der Waals surface area (Å²) in [7, 11) is 0. The van der Waals surface area contributed by atoms with E-state index in [0.717, 1.165) is 70.6 Å². The van der Waals surface area contributed by atoms with Crippen LogP contribution in [0.2, 0.25) is 0 Å². The highest BCUT2D eigenvalue weighted by atomic mass is 16.4. The second-order valence-electron chi connectivity index (χ2n) is 15.5. The first-order chi connectivity index (χ1) is 18.2. The number of carboxylic acid groups (broad SMARTS) is 2. The molecule has 0 saturated heterocycles. The quantitative estimate of drug-likeness (QED) is 0.352. The lowest BCUT2D eigenvalue weighted by atomic mass is 9.44. The Morgan fingerprint density at radius 1 is 0.923 bits per heavy atom. The summed E-state index contributed by atoms with van der Waals surface area (Å²) in [6, 6.07) is 0. The summed E-state index contributed by atoms with van der Waals surface area (Å²) in [5, 5.41) is 21.5. The molecule has 5 aliphatic rings. The van der Waals surface area contributed by atoms with E-state index in [9.17, 15) is 19.8 Å². The van der Waals surface area contributed by atoms with E-state index in [1.807, 2.05) is 6.92 Å². The third-order valence-electron chi connectivity index (χ3n) is 13.4. The van der Waals surface area contributed by atoms with Gasteiger partial charge in [-0.05, 0) is 131 Å². The lowest BCUT2D eigenvalue weighted by Gasteiger charge is -2.59. The van der Waals surface area contributed by atoms with Crippen molar-refractivity contribution in [2.24, 2.45) is 57.2 Å². The van der Waals surface area contributed by atoms with Crippen LogP contribution in [0.1, 0.15) is 112 Å². The summed E-state index contributed by atoms with van der Waals surface area (Å²) in [6.07, 6.45) is 13.0. The first-order valence-electron chi connectivity index (χ1n) is 15.7. The predicted molar refractivity (Wildman–Crippen MR) is 156 cm³/mol. The number of aliphatic carboxylic acids is 2. The van der Waals surface area contributed by atoms with Crippen molar-refractivity contribution in [2.75, 3.05) is 0 Å². The second-order valence-corrected chi connectivity index (χ2v) is 15.5. The van der Waals surface area contributed by atoms with E-state index in [0.29, 0.717) is 11.8 Å². The maximum Gasteiger partial charge on any atom is 0.310 e. The van der Waals surface area contributed by atoms with Crippen molar-refractivity contribution >= 4 is 11.9 Å². The van der Waals surface area contributed by atoms with E-state index in [2.05, 4.69) is 46.9 Å². The van der Waals surface area contributed by atoms with Gasteiger partial charge in [0.05, 0.1) is 10.8 Å². The van der Waals surface area contributed by atoms with E-state index in [1.54, 1.807) is 0 Å². The molecule has 0 aromatic heterocycles. The van der Waals surface area contributed by atoms with Crippen molar-refractivity contribution in [1.82, 2.24) is 0 Å². The Bertz CT molecular complexity index is 1100. The minimum atomic E-state index is -0.784. The molecule has 0 aromatic carbocycles. The Kier molecular flexibility index (Phi) is 7.08. The molecule has 39 heavy (non-hydrogen) atoms. The highest BCUT2D eigenvalue weighted by Gasteiger charge is 2.61. The topological polar surface area (TPSA) is 74.6 Å². The standard InChI is InChI=1S/C35H52O4/c1-21-9-12-24-13-10-23(3)28(35(24,31(38)39)18-15-26-25(21)20-32(26,4)5)19-27-22(2)11-14-29-33(27,6)16-8-17-34(29,7)30(36)37/h10,24-29H,1-2,8-9,11-20H2,3-7H3,(H,36,37)(H,38,39)/t24-,25+,26+,27-,28+,29+,33+,34-,35-/m0/s1. The molecule has 0 unspecified atom stereocenters. The molecule has 5 rings (SSSR count). The van der Waals surface area contributed by atoms with Gasteiger partial charge in [-0.15, -0.1) is 0 Å². The number of carboxylic acids is 2. The molecule has 0 bridgehead atoms. The van der Waals surface area contributed by atoms with Gasteiger partial charge in [0.15, 0.2) is 0 Å². The molecule has 2 N–H and O–H groups in total. The van der Waals surface area contributed by atoms with Crippen molar-refractivity contribution in [3.8, 4) is 0 Å². The molecule has 4 heteroatoms. The summed E-state index contributed by atoms with van der Waals surface area (Å²) >= 11 is 0. The zero-order valence-corrected chi connectivity index (χ0v) is 25.2. The lowest BCUT2D eigenvalue weighted by molar-refractivity contribution is -0.166. The summed E-state index contributed by atoms with van der Waals surface area (Å²) in [5.41, 5.74) is 2.36. The van der Waals surface area contributed by atoms with Crippen molar-refractivity contribution in [3.05, 3.63) is 36.0 Å². The maximum absolute atomic E-state index is 13.6. The Labute approximate surface area is 236 Å². The SMILES string of the molecule is C=C1CC[C@H]2CC=C(C)[C@@H](C[C@H]3C(=C)CC[C@@H]4[C@]3(C)CCC[C@]4(C)C(=O)O)[C@]2(C(=O)O)CC[C@@H]2[C@@H]1CC2(C)C. The normalized spacial score (nSPS) is 45.7. The van der Waals surface area contributed by atoms with Crippen LogP contribution in [0.15, 0.2) is 36.0 Å². The van der Waals surface area contributed by atoms with Crippen LogP contribution in [0.5, 0.6) is 0 Å². The number of allylic oxidation sites excluding steroid dienone is 4. The number of rotatable bonds is 4. The molecule has 0 radical (unpaired) electrons. The number of fused-ring (bicyclic) bond motifs is 3. The molecule has 4 nitrogen and oxygen atoms in total. The van der Waals surface area contributed by atoms with E-state index in [4.69, 9.17) is 0 Å². The lowest BCUT2D eigenvalue weighted by Crippen LogP contribution is -2.55. The van der Waals surface area contributed by atoms with E-state index < -0.39 is 22.8 Å². The molecular formula is C35H52O4. The Hall–Kier alpha value is -1.84. The summed E-state index contributed by atoms with van der Waals surface area (Å²) in [4.78, 5) is 26.2. The van der Waals surface area contributed by atoms with Crippen molar-refractivity contribution in [3.63, 3.8) is 0 Å². The van der Waals surface area contributed by atoms with Crippen LogP contribution < -0.4 is 0 Å². The van der Waals surface area contributed by atoms with E-state index in [-0.39, 0.29) is 34.5 Å². The number of carbonyl (C=O) groups is 2. The van der Waals surface area contributed by atoms with E-state index >= 15 is 0 Å². The van der Waals surface area contributed by atoms with Gasteiger partial charge >= 0.3 is 11.9 Å². The fourth-order valence-corrected chi connectivity index (χ4v) is 11.0. The van der Waals surface area contributed by atoms with Gasteiger partial charge in [0, 0.05) is 0 Å². The maximum atomic E-state index is 13.6. The van der Waals surface area contributed by atoms with Gasteiger partial charge in [-0.25, -0.2) is 0 Å². The summed E-state index contributed by atoms with van der Waals surface area (Å²) < 4.78 is 0. The molecule has 216 valence electrons. The van der Waals surface area contributed by atoms with Crippen LogP contribution in [0.25, 0.3) is 0 Å². The van der Waals surface area contributed by atoms with Crippen LogP contribution in [0.4, 0.5) is 0 Å². The Balaban J connectivity index is 1.54. The third kappa shape index (κ3) is 4.21. The first kappa shape index (κ1) is 28.7. The van der Waals surface area contributed by atoms with Gasteiger partial charge in [0.25, 0.3) is 0 Å². The molecule has 4 fully saturated rings. The molecule has 0 aliphatic heterocycles. The highest BCUT2D eigenvalue weighted by molar-refractivity contribution is 5.77. The van der Waals surface area contributed by atoms with Crippen molar-refractivity contribution in [2.45, 2.75) is 112 Å². The minimum absolute atomic E-state index is 0.0444. The monoisotopic (exact) mass is 536 g/mol. The fraction of sp³-hybridized carbons (Fsp3) is 0.771. The molecular weight excluding hydrogens is 484 g/mol. The molecule has 4 saturated carbocycles. The van der Waals surface area contributed by atoms with Gasteiger partial charge in [-0.2, -0.15) is 0 Å². The first-order valence-corrected chi connectivity index (χ1v) is 15.7. The molecule has 0 heterocycles. The molecule has 5 aliphatic carbocycles. The summed E-state index contributed by atoms with van der Waals surface area (Å²) in [5.74, 6) is 0.0584. The average Bonchev–Trinajstić information content (AvgIpc) is 2.89. The van der Waals surface area contributed by atoms with Gasteiger partial charge < -0.3 is 10.2 Å². The molecule has 0 amide bonds. The molecule has 0 aromatic rings. The van der Waals surface area contributed by atoms with Gasteiger partial charge in [-0.1, -0.05) is 63.1 Å². The number of hydrogen-bond acceptors (Lipinski definition) is 2. The second kappa shape index (κ2) is 9.62. The Morgan fingerprint density at radius 2 is 1.62 bits per heavy atom. The highest BCUT2D eigenvalue weighted by Crippen LogP contribution is 2.65. The predicted octanol–water partition coefficient (Wildman–Crippen LogP) is 8.69. The summed E-state index contributed by atoms with van der Waals surface area (Å²) in [6.45, 7) is 20.2. The van der Waals surface area contributed by atoms with Gasteiger partial charge in [-0.3, -0.25) is 9.59 Å².